The maximum Gasteiger partial charge on any atom is 0.273 e. The van der Waals surface area contributed by atoms with E-state index in [1.807, 2.05) is 10.3 Å². The molecule has 1 aliphatic carbocycles. The summed E-state index contributed by atoms with van der Waals surface area (Å²) in [6.07, 6.45) is 5.38. The molecule has 1 amide bonds. The van der Waals surface area contributed by atoms with Crippen molar-refractivity contribution in [2.45, 2.75) is 39.0 Å². The highest BCUT2D eigenvalue weighted by atomic mass is 32.1. The van der Waals surface area contributed by atoms with Gasteiger partial charge in [0.15, 0.2) is 0 Å². The van der Waals surface area contributed by atoms with E-state index in [0.717, 1.165) is 37.2 Å². The lowest BCUT2D eigenvalue weighted by Gasteiger charge is -2.25. The van der Waals surface area contributed by atoms with Crippen molar-refractivity contribution >= 4 is 17.2 Å². The molecule has 0 unspecified atom stereocenters. The van der Waals surface area contributed by atoms with Gasteiger partial charge in [-0.1, -0.05) is 13.3 Å². The van der Waals surface area contributed by atoms with Crippen molar-refractivity contribution in [2.75, 3.05) is 19.7 Å². The number of nitrogens with zero attached hydrogens (tertiary/aromatic N) is 2. The molecule has 1 N–H and O–H groups in total. The first-order valence-electron chi connectivity index (χ1n) is 7.53. The van der Waals surface area contributed by atoms with Crippen molar-refractivity contribution in [2.24, 2.45) is 11.3 Å². The van der Waals surface area contributed by atoms with Gasteiger partial charge in [0.2, 0.25) is 0 Å². The number of carbonyl (C=O) groups is 1. The van der Waals surface area contributed by atoms with Gasteiger partial charge < -0.3 is 10.0 Å². The average molecular weight is 294 g/mol. The van der Waals surface area contributed by atoms with Crippen molar-refractivity contribution in [3.8, 4) is 0 Å². The maximum absolute atomic E-state index is 12.5. The Balaban J connectivity index is 1.72. The number of hydrogen-bond acceptors (Lipinski definition) is 4. The Morgan fingerprint density at radius 1 is 1.65 bits per heavy atom. The van der Waals surface area contributed by atoms with Gasteiger partial charge in [0.25, 0.3) is 5.91 Å². The first kappa shape index (κ1) is 14.0. The van der Waals surface area contributed by atoms with Crippen LogP contribution in [0.5, 0.6) is 0 Å². The van der Waals surface area contributed by atoms with E-state index < -0.39 is 0 Å². The summed E-state index contributed by atoms with van der Waals surface area (Å²) in [6, 6.07) is 0. The normalized spacial score (nSPS) is 28.9. The summed E-state index contributed by atoms with van der Waals surface area (Å²) in [5.41, 5.74) is 0.560. The highest BCUT2D eigenvalue weighted by Gasteiger charge is 2.50. The van der Waals surface area contributed by atoms with E-state index in [1.165, 1.54) is 6.42 Å². The third-order valence-electron chi connectivity index (χ3n) is 4.88. The van der Waals surface area contributed by atoms with Crippen LogP contribution >= 0.6 is 11.3 Å². The van der Waals surface area contributed by atoms with E-state index in [4.69, 9.17) is 0 Å². The first-order chi connectivity index (χ1) is 9.68. The topological polar surface area (TPSA) is 53.4 Å². The van der Waals surface area contributed by atoms with Gasteiger partial charge in [0, 0.05) is 23.9 Å². The zero-order valence-corrected chi connectivity index (χ0v) is 12.8. The van der Waals surface area contributed by atoms with Crippen molar-refractivity contribution in [3.05, 3.63) is 16.1 Å². The van der Waals surface area contributed by atoms with Gasteiger partial charge in [0.1, 0.15) is 5.69 Å². The van der Waals surface area contributed by atoms with E-state index in [2.05, 4.69) is 11.9 Å². The zero-order chi connectivity index (χ0) is 14.2. The van der Waals surface area contributed by atoms with Crippen LogP contribution in [-0.2, 0) is 6.42 Å². The van der Waals surface area contributed by atoms with E-state index in [1.54, 1.807) is 11.3 Å². The Morgan fingerprint density at radius 3 is 3.20 bits per heavy atom. The molecule has 4 nitrogen and oxygen atoms in total. The largest absolute Gasteiger partial charge is 0.396 e. The van der Waals surface area contributed by atoms with Crippen LogP contribution in [0.15, 0.2) is 5.38 Å². The summed E-state index contributed by atoms with van der Waals surface area (Å²) in [4.78, 5) is 18.9. The van der Waals surface area contributed by atoms with Crippen LogP contribution in [0.25, 0.3) is 0 Å². The molecule has 2 heterocycles. The molecule has 1 saturated heterocycles. The molecule has 5 heteroatoms. The molecule has 0 bridgehead atoms. The molecule has 1 aromatic heterocycles. The Hall–Kier alpha value is -0.940. The lowest BCUT2D eigenvalue weighted by atomic mass is 9.82. The number of aliphatic hydroxyl groups excluding tert-OH is 1. The second-order valence-corrected chi connectivity index (χ2v) is 7.11. The van der Waals surface area contributed by atoms with Crippen LogP contribution in [0.4, 0.5) is 0 Å². The number of thiazole rings is 1. The number of aryl methyl sites for hydroxylation is 1. The Morgan fingerprint density at radius 2 is 2.50 bits per heavy atom. The number of carbonyl (C=O) groups excluding carboxylic acids is 1. The third kappa shape index (κ3) is 2.27. The summed E-state index contributed by atoms with van der Waals surface area (Å²) >= 11 is 1.58. The van der Waals surface area contributed by atoms with E-state index in [-0.39, 0.29) is 17.9 Å². The van der Waals surface area contributed by atoms with Crippen LogP contribution < -0.4 is 0 Å². The molecule has 2 atom stereocenters. The molecule has 1 aromatic rings. The van der Waals surface area contributed by atoms with E-state index in [0.29, 0.717) is 18.2 Å². The van der Waals surface area contributed by atoms with Crippen LogP contribution in [0.1, 0.15) is 48.1 Å². The summed E-state index contributed by atoms with van der Waals surface area (Å²) in [7, 11) is 0. The van der Waals surface area contributed by atoms with Gasteiger partial charge in [0.05, 0.1) is 11.6 Å². The minimum Gasteiger partial charge on any atom is -0.396 e. The fraction of sp³-hybridized carbons (Fsp3) is 0.733. The van der Waals surface area contributed by atoms with Crippen molar-refractivity contribution < 1.29 is 9.90 Å². The number of aromatic nitrogens is 1. The first-order valence-corrected chi connectivity index (χ1v) is 8.41. The number of amides is 1. The van der Waals surface area contributed by atoms with Gasteiger partial charge in [-0.15, -0.1) is 11.3 Å². The number of rotatable bonds is 4. The van der Waals surface area contributed by atoms with Gasteiger partial charge in [-0.25, -0.2) is 4.98 Å². The fourth-order valence-corrected chi connectivity index (χ4v) is 4.60. The number of hydrogen-bond donors (Lipinski definition) is 1. The standard InChI is InChI=1S/C15H22N2O2S/c1-2-4-13-16-12(8-20-13)14(19)17-7-11-5-3-6-15(11,9-17)10-18/h8,11,18H,2-7,9-10H2,1H3/t11-,15+/m1/s1. The molecule has 3 rings (SSSR count). The quantitative estimate of drug-likeness (QED) is 0.927. The highest BCUT2D eigenvalue weighted by molar-refractivity contribution is 7.09. The molecule has 1 saturated carbocycles. The second kappa shape index (κ2) is 5.45. The molecule has 20 heavy (non-hydrogen) atoms. The van der Waals surface area contributed by atoms with Gasteiger partial charge in [-0.3, -0.25) is 4.79 Å². The average Bonchev–Trinajstić information content (AvgIpc) is 3.11. The Kier molecular flexibility index (Phi) is 3.82. The maximum atomic E-state index is 12.5. The summed E-state index contributed by atoms with van der Waals surface area (Å²) in [6.45, 7) is 3.82. The van der Waals surface area contributed by atoms with Crippen molar-refractivity contribution in [1.29, 1.82) is 0 Å². The molecule has 0 spiro atoms. The Labute approximate surface area is 123 Å². The number of fused-ring (bicyclic) bond motifs is 1. The minimum absolute atomic E-state index is 0.0298. The Bertz CT molecular complexity index is 502. The smallest absolute Gasteiger partial charge is 0.273 e. The molecule has 2 fully saturated rings. The van der Waals surface area contributed by atoms with Crippen LogP contribution in [0, 0.1) is 11.3 Å². The van der Waals surface area contributed by atoms with E-state index in [9.17, 15) is 9.90 Å². The number of aliphatic hydroxyl groups is 1. The molecule has 0 aromatic carbocycles. The van der Waals surface area contributed by atoms with Crippen molar-refractivity contribution in [3.63, 3.8) is 0 Å². The fourth-order valence-electron chi connectivity index (χ4n) is 3.73. The van der Waals surface area contributed by atoms with Gasteiger partial charge in [-0.2, -0.15) is 0 Å². The number of likely N-dealkylation sites (tertiary alicyclic amines) is 1. The summed E-state index contributed by atoms with van der Waals surface area (Å²) in [5.74, 6) is 0.524. The molecule has 1 aliphatic heterocycles. The van der Waals surface area contributed by atoms with E-state index >= 15 is 0 Å². The monoisotopic (exact) mass is 294 g/mol. The molecular formula is C15H22N2O2S. The van der Waals surface area contributed by atoms with Gasteiger partial charge >= 0.3 is 0 Å². The third-order valence-corrected chi connectivity index (χ3v) is 5.79. The lowest BCUT2D eigenvalue weighted by Crippen LogP contribution is -2.34. The lowest BCUT2D eigenvalue weighted by molar-refractivity contribution is 0.0729. The molecular weight excluding hydrogens is 272 g/mol. The summed E-state index contributed by atoms with van der Waals surface area (Å²) in [5, 5.41) is 12.6. The molecule has 0 radical (unpaired) electrons. The van der Waals surface area contributed by atoms with Crippen LogP contribution in [-0.4, -0.2) is 40.6 Å². The summed E-state index contributed by atoms with van der Waals surface area (Å²) < 4.78 is 0. The van der Waals surface area contributed by atoms with Crippen LogP contribution in [0.3, 0.4) is 0 Å². The van der Waals surface area contributed by atoms with Gasteiger partial charge in [-0.05, 0) is 31.6 Å². The van der Waals surface area contributed by atoms with Crippen LogP contribution in [0.2, 0.25) is 0 Å². The molecule has 2 aliphatic rings. The predicted molar refractivity (Wildman–Crippen MR) is 78.9 cm³/mol. The SMILES string of the molecule is CCCc1nc(C(=O)N2C[C@H]3CCC[C@@]3(CO)C2)cs1. The predicted octanol–water partition coefficient (Wildman–Crippen LogP) is 2.33. The van der Waals surface area contributed by atoms with Crippen molar-refractivity contribution in [1.82, 2.24) is 9.88 Å². The zero-order valence-electron chi connectivity index (χ0n) is 12.0. The second-order valence-electron chi connectivity index (χ2n) is 6.17. The molecule has 110 valence electrons. The minimum atomic E-state index is -0.0298. The highest BCUT2D eigenvalue weighted by Crippen LogP contribution is 2.48.